The topological polar surface area (TPSA) is 0 Å². The summed E-state index contributed by atoms with van der Waals surface area (Å²) >= 11 is 0. The van der Waals surface area contributed by atoms with Crippen molar-refractivity contribution in [1.82, 2.24) is 0 Å². The molecule has 0 saturated carbocycles. The van der Waals surface area contributed by atoms with Crippen LogP contribution in [0.5, 0.6) is 0 Å². The molecule has 0 bridgehead atoms. The molecule has 1 atom stereocenters. The summed E-state index contributed by atoms with van der Waals surface area (Å²) in [5.74, 6) is 0.540. The first-order valence-electron chi connectivity index (χ1n) is 7.93. The average Bonchev–Trinajstić information content (AvgIpc) is 2.95. The molecule has 128 valence electrons. The predicted octanol–water partition coefficient (Wildman–Crippen LogP) is 6.96. The van der Waals surface area contributed by atoms with Gasteiger partial charge >= 0.3 is 0 Å². The van der Waals surface area contributed by atoms with Crippen molar-refractivity contribution in [3.8, 4) is 0 Å². The summed E-state index contributed by atoms with van der Waals surface area (Å²) in [4.78, 5) is 0. The Hall–Kier alpha value is -1.60. The van der Waals surface area contributed by atoms with E-state index in [1.165, 1.54) is 32.7 Å². The summed E-state index contributed by atoms with van der Waals surface area (Å²) < 4.78 is 0. The fourth-order valence-electron chi connectivity index (χ4n) is 3.36. The zero-order chi connectivity index (χ0) is 14.9. The predicted molar refractivity (Wildman–Crippen MR) is 108 cm³/mol. The molecule has 1 unspecified atom stereocenters. The number of benzene rings is 3. The van der Waals surface area contributed by atoms with Crippen molar-refractivity contribution in [2.45, 2.75) is 19.3 Å². The van der Waals surface area contributed by atoms with Gasteiger partial charge in [0.05, 0.1) is 0 Å². The van der Waals surface area contributed by atoms with E-state index in [0.29, 0.717) is 5.92 Å². The zero-order valence-electron chi connectivity index (χ0n) is 15.3. The van der Waals surface area contributed by atoms with Crippen LogP contribution < -0.4 is 0 Å². The largest absolute Gasteiger partial charge is 0.358 e. The molecule has 0 fully saturated rings. The van der Waals surface area contributed by atoms with Crippen LogP contribution in [0, 0.1) is 14.9 Å². The summed E-state index contributed by atoms with van der Waals surface area (Å²) in [6.45, 7) is 2.31. The van der Waals surface area contributed by atoms with E-state index in [1.807, 2.05) is 0 Å². The van der Waals surface area contributed by atoms with Crippen LogP contribution in [0.3, 0.4) is 0 Å². The molecule has 25 heavy (non-hydrogen) atoms. The maximum absolute atomic E-state index is 2.34. The van der Waals surface area contributed by atoms with Gasteiger partial charge in [-0.15, -0.1) is 28.5 Å². The van der Waals surface area contributed by atoms with E-state index in [2.05, 4.69) is 85.8 Å². The number of rotatable bonds is 3. The second kappa shape index (κ2) is 9.20. The Bertz CT molecular complexity index is 919. The monoisotopic (exact) mass is 493 g/mol. The van der Waals surface area contributed by atoms with Crippen LogP contribution in [-0.2, 0) is 32.3 Å². The Balaban J connectivity index is 0.00000104. The number of hydrogen-bond acceptors (Lipinski definition) is 0. The third-order valence-electron chi connectivity index (χ3n) is 4.62. The van der Waals surface area contributed by atoms with Crippen LogP contribution >= 0.6 is 0 Å². The molecule has 0 aliphatic carbocycles. The smallest absolute Gasteiger partial charge is 0 e. The van der Waals surface area contributed by atoms with Crippen molar-refractivity contribution in [2.24, 2.45) is 0 Å². The molecule has 0 amide bonds. The van der Waals surface area contributed by atoms with E-state index in [-0.39, 0.29) is 40.7 Å². The Morgan fingerprint density at radius 1 is 0.760 bits per heavy atom. The van der Waals surface area contributed by atoms with Crippen molar-refractivity contribution in [3.63, 3.8) is 0 Å². The third-order valence-corrected chi connectivity index (χ3v) is 4.62. The minimum absolute atomic E-state index is 0. The van der Waals surface area contributed by atoms with E-state index >= 15 is 0 Å². The van der Waals surface area contributed by atoms with Crippen LogP contribution in [0.2, 0.25) is 0 Å². The van der Waals surface area contributed by atoms with Gasteiger partial charge in [-0.2, -0.15) is 6.07 Å². The van der Waals surface area contributed by atoms with Gasteiger partial charge in [0.15, 0.2) is 0 Å². The van der Waals surface area contributed by atoms with Crippen LogP contribution in [0.15, 0.2) is 78.9 Å². The second-order valence-corrected chi connectivity index (χ2v) is 6.16. The van der Waals surface area contributed by atoms with Crippen molar-refractivity contribution in [2.75, 3.05) is 0 Å². The SMILES string of the molecule is CC(C[c-]1ccc2cc3ccccc3cc21)c1ccccc1.[CH3-].[CH3-].[Hf]. The molecule has 1 heteroatoms. The van der Waals surface area contributed by atoms with Gasteiger partial charge in [0.1, 0.15) is 0 Å². The molecule has 4 rings (SSSR count). The average molecular weight is 492 g/mol. The Kier molecular flexibility index (Phi) is 7.89. The molecule has 0 aliphatic rings. The summed E-state index contributed by atoms with van der Waals surface area (Å²) in [7, 11) is 0. The van der Waals surface area contributed by atoms with Gasteiger partial charge < -0.3 is 14.9 Å². The molecule has 0 aromatic heterocycles. The normalized spacial score (nSPS) is 11.2. The standard InChI is InChI=1S/C22H19.2CH3.Hf/c1-16(17-7-3-2-4-8-17)13-20-11-12-21-14-18-9-5-6-10-19(18)15-22(20)21;;;/h2-12,14-16H,13H2,1H3;2*1H3;/q3*-1;. The summed E-state index contributed by atoms with van der Waals surface area (Å²) in [5.41, 5.74) is 2.87. The van der Waals surface area contributed by atoms with Crippen LogP contribution in [0.4, 0.5) is 0 Å². The zero-order valence-corrected chi connectivity index (χ0v) is 18.9. The summed E-state index contributed by atoms with van der Waals surface area (Å²) in [6, 6.07) is 28.6. The first-order chi connectivity index (χ1) is 10.8. The van der Waals surface area contributed by atoms with Gasteiger partial charge in [0.25, 0.3) is 0 Å². The van der Waals surface area contributed by atoms with Gasteiger partial charge in [-0.1, -0.05) is 79.4 Å². The maximum Gasteiger partial charge on any atom is 0 e. The Morgan fingerprint density at radius 2 is 1.36 bits per heavy atom. The number of hydrogen-bond donors (Lipinski definition) is 0. The molecule has 0 heterocycles. The van der Waals surface area contributed by atoms with Gasteiger partial charge in [-0.05, 0) is 16.9 Å². The van der Waals surface area contributed by atoms with Crippen LogP contribution in [-0.4, -0.2) is 0 Å². The minimum Gasteiger partial charge on any atom is -0.358 e. The molecule has 4 aromatic carbocycles. The van der Waals surface area contributed by atoms with E-state index < -0.39 is 0 Å². The first-order valence-corrected chi connectivity index (χ1v) is 7.93. The Morgan fingerprint density at radius 3 is 2.04 bits per heavy atom. The van der Waals surface area contributed by atoms with Gasteiger partial charge in [-0.3, -0.25) is 0 Å². The van der Waals surface area contributed by atoms with E-state index in [0.717, 1.165) is 6.42 Å². The van der Waals surface area contributed by atoms with Crippen LogP contribution in [0.1, 0.15) is 24.0 Å². The van der Waals surface area contributed by atoms with Gasteiger partial charge in [0, 0.05) is 25.8 Å². The van der Waals surface area contributed by atoms with E-state index in [9.17, 15) is 0 Å². The third kappa shape index (κ3) is 4.33. The molecule has 0 saturated heterocycles. The molecule has 4 aromatic rings. The van der Waals surface area contributed by atoms with Crippen LogP contribution in [0.25, 0.3) is 21.5 Å². The fraction of sp³-hybridized carbons (Fsp3) is 0.125. The molecular weight excluding hydrogens is 467 g/mol. The maximum atomic E-state index is 2.34. The van der Waals surface area contributed by atoms with E-state index in [1.54, 1.807) is 0 Å². The Labute approximate surface area is 171 Å². The van der Waals surface area contributed by atoms with Crippen molar-refractivity contribution >= 4 is 21.5 Å². The number of fused-ring (bicyclic) bond motifs is 2. The van der Waals surface area contributed by atoms with E-state index in [4.69, 9.17) is 0 Å². The molecule has 0 aliphatic heterocycles. The van der Waals surface area contributed by atoms with Crippen molar-refractivity contribution < 1.29 is 25.8 Å². The quantitative estimate of drug-likeness (QED) is 0.215. The molecule has 0 spiro atoms. The molecule has 0 N–H and O–H groups in total. The first kappa shape index (κ1) is 21.4. The minimum atomic E-state index is 0. The molecule has 0 radical (unpaired) electrons. The second-order valence-electron chi connectivity index (χ2n) is 6.16. The van der Waals surface area contributed by atoms with Gasteiger partial charge in [0.2, 0.25) is 0 Å². The fourth-order valence-corrected chi connectivity index (χ4v) is 3.36. The van der Waals surface area contributed by atoms with Gasteiger partial charge in [-0.25, -0.2) is 0 Å². The molecule has 0 nitrogen and oxygen atoms in total. The summed E-state index contributed by atoms with van der Waals surface area (Å²) in [6.07, 6.45) is 1.09. The summed E-state index contributed by atoms with van der Waals surface area (Å²) in [5, 5.41) is 5.41. The van der Waals surface area contributed by atoms with Crippen molar-refractivity contribution in [1.29, 1.82) is 0 Å². The molecular formula is C24H25Hf-3. The van der Waals surface area contributed by atoms with Crippen molar-refractivity contribution in [3.05, 3.63) is 105 Å².